The molecule has 0 fully saturated rings. The number of aromatic nitrogens is 2. The Hall–Kier alpha value is -1.53. The molecule has 0 spiro atoms. The van der Waals surface area contributed by atoms with E-state index < -0.39 is 11.9 Å². The third-order valence-corrected chi connectivity index (χ3v) is 2.28. The van der Waals surface area contributed by atoms with Crippen LogP contribution in [0.25, 0.3) is 0 Å². The largest absolute Gasteiger partial charge is 0.433 e. The van der Waals surface area contributed by atoms with Gasteiger partial charge in [-0.3, -0.25) is 0 Å². The average Bonchev–Trinajstić information content (AvgIpc) is 2.15. The summed E-state index contributed by atoms with van der Waals surface area (Å²) >= 11 is 0. The molecule has 4 nitrogen and oxygen atoms in total. The molecule has 0 radical (unpaired) electrons. The van der Waals surface area contributed by atoms with Gasteiger partial charge in [-0.25, -0.2) is 4.98 Å². The van der Waals surface area contributed by atoms with Crippen LogP contribution in [0.2, 0.25) is 0 Å². The van der Waals surface area contributed by atoms with Gasteiger partial charge in [0.25, 0.3) is 0 Å². The molecule has 1 heterocycles. The molecule has 0 unspecified atom stereocenters. The van der Waals surface area contributed by atoms with Crippen LogP contribution in [0.3, 0.4) is 0 Å². The fourth-order valence-electron chi connectivity index (χ4n) is 1.54. The van der Waals surface area contributed by atoms with E-state index >= 15 is 0 Å². The zero-order valence-electron chi connectivity index (χ0n) is 9.91. The molecule has 0 amide bonds. The predicted octanol–water partition coefficient (Wildman–Crippen LogP) is 2.31. The first-order valence-corrected chi connectivity index (χ1v) is 5.24. The first kappa shape index (κ1) is 13.5. The van der Waals surface area contributed by atoms with Gasteiger partial charge in [0.15, 0.2) is 5.69 Å². The van der Waals surface area contributed by atoms with Gasteiger partial charge in [-0.15, -0.1) is 0 Å². The highest BCUT2D eigenvalue weighted by atomic mass is 19.4. The van der Waals surface area contributed by atoms with Crippen LogP contribution in [0, 0.1) is 0 Å². The lowest BCUT2D eigenvalue weighted by Gasteiger charge is -2.26. The van der Waals surface area contributed by atoms with Gasteiger partial charge in [-0.2, -0.15) is 18.2 Å². The van der Waals surface area contributed by atoms with Crippen LogP contribution in [0.1, 0.15) is 26.5 Å². The summed E-state index contributed by atoms with van der Waals surface area (Å²) in [4.78, 5) is 8.74. The van der Waals surface area contributed by atoms with Gasteiger partial charge in [0.1, 0.15) is 5.82 Å². The van der Waals surface area contributed by atoms with Gasteiger partial charge < -0.3 is 10.6 Å². The molecule has 1 aromatic rings. The van der Waals surface area contributed by atoms with Crippen LogP contribution >= 0.6 is 0 Å². The van der Waals surface area contributed by atoms with Gasteiger partial charge >= 0.3 is 6.18 Å². The van der Waals surface area contributed by atoms with E-state index in [9.17, 15) is 13.2 Å². The molecular weight excluding hydrogens is 233 g/mol. The molecule has 0 aliphatic heterocycles. The predicted molar refractivity (Wildman–Crippen MR) is 59.6 cm³/mol. The van der Waals surface area contributed by atoms with Crippen molar-refractivity contribution in [1.29, 1.82) is 0 Å². The van der Waals surface area contributed by atoms with E-state index in [0.29, 0.717) is 6.54 Å². The molecule has 0 aliphatic rings. The van der Waals surface area contributed by atoms with E-state index in [0.717, 1.165) is 6.07 Å². The molecule has 0 bridgehead atoms. The molecule has 0 aliphatic carbocycles. The number of hydrogen-bond donors (Lipinski definition) is 1. The maximum atomic E-state index is 12.6. The summed E-state index contributed by atoms with van der Waals surface area (Å²) in [6.45, 7) is 6.13. The van der Waals surface area contributed by atoms with E-state index in [4.69, 9.17) is 5.73 Å². The minimum absolute atomic E-state index is 0.0374. The lowest BCUT2D eigenvalue weighted by atomic mass is 10.3. The number of hydrogen-bond acceptors (Lipinski definition) is 4. The smallest absolute Gasteiger partial charge is 0.368 e. The molecule has 7 heteroatoms. The average molecular weight is 248 g/mol. The van der Waals surface area contributed by atoms with Gasteiger partial charge in [0, 0.05) is 18.7 Å². The molecule has 17 heavy (non-hydrogen) atoms. The minimum atomic E-state index is -4.51. The molecule has 0 aromatic carbocycles. The Morgan fingerprint density at radius 1 is 1.35 bits per heavy atom. The molecule has 2 N–H and O–H groups in total. The summed E-state index contributed by atoms with van der Waals surface area (Å²) in [5.41, 5.74) is 4.29. The lowest BCUT2D eigenvalue weighted by molar-refractivity contribution is -0.141. The minimum Gasteiger partial charge on any atom is -0.368 e. The molecule has 0 atom stereocenters. The summed E-state index contributed by atoms with van der Waals surface area (Å²) in [6, 6.07) is 0.954. The SMILES string of the molecule is CCN(c1cc(C(F)(F)F)nc(N)n1)C(C)C. The fraction of sp³-hybridized carbons (Fsp3) is 0.600. The molecule has 96 valence electrons. The standard InChI is InChI=1S/C10H15F3N4/c1-4-17(6(2)3)8-5-7(10(11,12)13)15-9(14)16-8/h5-6H,4H2,1-3H3,(H2,14,15,16). The van der Waals surface area contributed by atoms with Gasteiger partial charge in [0.2, 0.25) is 5.95 Å². The summed E-state index contributed by atoms with van der Waals surface area (Å²) < 4.78 is 37.7. The summed E-state index contributed by atoms with van der Waals surface area (Å²) in [7, 11) is 0. The van der Waals surface area contributed by atoms with E-state index in [1.54, 1.807) is 4.90 Å². The van der Waals surface area contributed by atoms with Crippen molar-refractivity contribution in [3.63, 3.8) is 0 Å². The Kier molecular flexibility index (Phi) is 3.79. The number of nitrogens with zero attached hydrogens (tertiary/aromatic N) is 3. The first-order valence-electron chi connectivity index (χ1n) is 5.24. The highest BCUT2D eigenvalue weighted by Gasteiger charge is 2.34. The van der Waals surface area contributed by atoms with Gasteiger partial charge in [-0.1, -0.05) is 0 Å². The third-order valence-electron chi connectivity index (χ3n) is 2.28. The Balaban J connectivity index is 3.21. The topological polar surface area (TPSA) is 55.0 Å². The number of nitrogen functional groups attached to an aromatic ring is 1. The van der Waals surface area contributed by atoms with Crippen LogP contribution < -0.4 is 10.6 Å². The quantitative estimate of drug-likeness (QED) is 0.891. The molecule has 1 aromatic heterocycles. The monoisotopic (exact) mass is 248 g/mol. The normalized spacial score (nSPS) is 11.9. The highest BCUT2D eigenvalue weighted by molar-refractivity contribution is 5.44. The first-order chi connectivity index (χ1) is 7.75. The van der Waals surface area contributed by atoms with E-state index in [-0.39, 0.29) is 17.8 Å². The lowest BCUT2D eigenvalue weighted by Crippen LogP contribution is -2.31. The maximum absolute atomic E-state index is 12.6. The number of nitrogens with two attached hydrogens (primary N) is 1. The van der Waals surface area contributed by atoms with E-state index in [2.05, 4.69) is 9.97 Å². The Morgan fingerprint density at radius 2 is 1.94 bits per heavy atom. The summed E-state index contributed by atoms with van der Waals surface area (Å²) in [5, 5.41) is 0. The van der Waals surface area contributed by atoms with Crippen molar-refractivity contribution in [2.75, 3.05) is 17.2 Å². The van der Waals surface area contributed by atoms with Crippen molar-refractivity contribution in [3.05, 3.63) is 11.8 Å². The van der Waals surface area contributed by atoms with Crippen molar-refractivity contribution >= 4 is 11.8 Å². The second-order valence-corrected chi connectivity index (χ2v) is 3.85. The highest BCUT2D eigenvalue weighted by Crippen LogP contribution is 2.30. The molecule has 0 saturated carbocycles. The van der Waals surface area contributed by atoms with Crippen molar-refractivity contribution in [1.82, 2.24) is 9.97 Å². The zero-order chi connectivity index (χ0) is 13.2. The Labute approximate surface area is 97.7 Å². The molecular formula is C10H15F3N4. The van der Waals surface area contributed by atoms with Crippen LogP contribution in [0.15, 0.2) is 6.07 Å². The van der Waals surface area contributed by atoms with Crippen LogP contribution in [-0.4, -0.2) is 22.6 Å². The summed E-state index contributed by atoms with van der Waals surface area (Å²) in [6.07, 6.45) is -4.51. The maximum Gasteiger partial charge on any atom is 0.433 e. The van der Waals surface area contributed by atoms with Crippen molar-refractivity contribution < 1.29 is 13.2 Å². The van der Waals surface area contributed by atoms with Gasteiger partial charge in [-0.05, 0) is 20.8 Å². The van der Waals surface area contributed by atoms with Crippen LogP contribution in [0.5, 0.6) is 0 Å². The fourth-order valence-corrected chi connectivity index (χ4v) is 1.54. The second kappa shape index (κ2) is 4.77. The molecule has 0 saturated heterocycles. The van der Waals surface area contributed by atoms with Crippen molar-refractivity contribution in [3.8, 4) is 0 Å². The second-order valence-electron chi connectivity index (χ2n) is 3.85. The zero-order valence-corrected chi connectivity index (χ0v) is 9.91. The number of halogens is 3. The van der Waals surface area contributed by atoms with E-state index in [1.165, 1.54) is 0 Å². The van der Waals surface area contributed by atoms with E-state index in [1.807, 2.05) is 20.8 Å². The number of anilines is 2. The Bertz CT molecular complexity index is 390. The van der Waals surface area contributed by atoms with Crippen LogP contribution in [-0.2, 0) is 6.18 Å². The van der Waals surface area contributed by atoms with Crippen molar-refractivity contribution in [2.45, 2.75) is 33.0 Å². The van der Waals surface area contributed by atoms with Crippen LogP contribution in [0.4, 0.5) is 24.9 Å². The molecule has 1 rings (SSSR count). The number of alkyl halides is 3. The summed E-state index contributed by atoms with van der Waals surface area (Å²) in [5.74, 6) is -0.170. The Morgan fingerprint density at radius 3 is 2.35 bits per heavy atom. The van der Waals surface area contributed by atoms with Crippen molar-refractivity contribution in [2.24, 2.45) is 0 Å². The number of rotatable bonds is 3. The third kappa shape index (κ3) is 3.21. The van der Waals surface area contributed by atoms with Gasteiger partial charge in [0.05, 0.1) is 0 Å².